The predicted molar refractivity (Wildman–Crippen MR) is 204 cm³/mol. The molecule has 0 spiro atoms. The largest absolute Gasteiger partial charge is 0.481 e. The molecule has 294 valence electrons. The molecular formula is C43H69NO7S. The van der Waals surface area contributed by atoms with Gasteiger partial charge in [-0.3, -0.25) is 14.4 Å². The number of hydrogen-bond acceptors (Lipinski definition) is 6. The number of carbonyl (C=O) groups excluding carboxylic acids is 2. The van der Waals surface area contributed by atoms with Crippen molar-refractivity contribution in [1.82, 2.24) is 4.31 Å². The molecule has 5 saturated carbocycles. The third kappa shape index (κ3) is 6.35. The van der Waals surface area contributed by atoms with Crippen molar-refractivity contribution in [2.75, 3.05) is 19.3 Å². The van der Waals surface area contributed by atoms with E-state index in [1.54, 1.807) is 18.2 Å². The van der Waals surface area contributed by atoms with E-state index in [-0.39, 0.29) is 45.5 Å². The van der Waals surface area contributed by atoms with Crippen LogP contribution in [-0.2, 0) is 29.1 Å². The molecule has 0 bridgehead atoms. The summed E-state index contributed by atoms with van der Waals surface area (Å²) in [6, 6.07) is 0. The van der Waals surface area contributed by atoms with Crippen molar-refractivity contribution < 1.29 is 32.6 Å². The lowest BCUT2D eigenvalue weighted by Crippen LogP contribution is -2.66. The van der Waals surface area contributed by atoms with Gasteiger partial charge in [0.05, 0.1) is 18.1 Å². The van der Waals surface area contributed by atoms with E-state index >= 15 is 0 Å². The maximum atomic E-state index is 14.0. The minimum atomic E-state index is -3.23. The second-order valence-corrected chi connectivity index (χ2v) is 22.9. The van der Waals surface area contributed by atoms with Crippen LogP contribution in [0.15, 0.2) is 12.2 Å². The number of carboxylic acids is 1. The second-order valence-electron chi connectivity index (χ2n) is 20.9. The molecule has 1 aliphatic heterocycles. The highest BCUT2D eigenvalue weighted by Crippen LogP contribution is 2.78. The number of aliphatic carboxylic acids is 1. The lowest BCUT2D eigenvalue weighted by Gasteiger charge is -2.73. The number of nitrogens with zero attached hydrogens (tertiary/aromatic N) is 1. The number of sulfonamides is 1. The molecule has 0 radical (unpaired) electrons. The van der Waals surface area contributed by atoms with Crippen LogP contribution >= 0.6 is 0 Å². The van der Waals surface area contributed by atoms with Crippen LogP contribution in [0.5, 0.6) is 0 Å². The van der Waals surface area contributed by atoms with Crippen molar-refractivity contribution in [3.8, 4) is 0 Å². The number of carboxylic acid groups (broad SMARTS) is 1. The Morgan fingerprint density at radius 1 is 0.885 bits per heavy atom. The highest BCUT2D eigenvalue weighted by molar-refractivity contribution is 7.88. The van der Waals surface area contributed by atoms with Crippen molar-refractivity contribution in [3.63, 3.8) is 0 Å². The summed E-state index contributed by atoms with van der Waals surface area (Å²) in [7, 11) is -3.23. The number of rotatable bonds is 10. The quantitative estimate of drug-likeness (QED) is 0.176. The summed E-state index contributed by atoms with van der Waals surface area (Å²) in [6.07, 6.45) is 13.7. The van der Waals surface area contributed by atoms with Crippen LogP contribution in [0.1, 0.15) is 145 Å². The summed E-state index contributed by atoms with van der Waals surface area (Å²) in [5, 5.41) is 9.61. The first kappa shape index (κ1) is 39.9. The van der Waals surface area contributed by atoms with E-state index in [0.717, 1.165) is 57.8 Å². The number of hydrogen-bond donors (Lipinski definition) is 1. The summed E-state index contributed by atoms with van der Waals surface area (Å²) < 4.78 is 32.0. The molecule has 11 atom stereocenters. The fourth-order valence-electron chi connectivity index (χ4n) is 14.5. The molecule has 8 nitrogen and oxygen atoms in total. The Morgan fingerprint density at radius 2 is 1.58 bits per heavy atom. The third-order valence-corrected chi connectivity index (χ3v) is 18.7. The fourth-order valence-corrected chi connectivity index (χ4v) is 15.4. The Kier molecular flexibility index (Phi) is 10.1. The third-order valence-electron chi connectivity index (χ3n) is 17.4. The van der Waals surface area contributed by atoms with Gasteiger partial charge in [0.1, 0.15) is 11.9 Å². The van der Waals surface area contributed by atoms with Crippen molar-refractivity contribution in [2.24, 2.45) is 68.0 Å². The van der Waals surface area contributed by atoms with E-state index in [4.69, 9.17) is 4.74 Å². The van der Waals surface area contributed by atoms with Gasteiger partial charge in [-0.15, -0.1) is 0 Å². The summed E-state index contributed by atoms with van der Waals surface area (Å²) in [6.45, 7) is 23.3. The summed E-state index contributed by atoms with van der Waals surface area (Å²) in [4.78, 5) is 38.8. The number of fused-ring (bicyclic) bond motifs is 7. The highest BCUT2D eigenvalue weighted by Gasteiger charge is 2.71. The van der Waals surface area contributed by atoms with Crippen LogP contribution in [0.3, 0.4) is 0 Å². The van der Waals surface area contributed by atoms with Crippen LogP contribution in [0, 0.1) is 68.0 Å². The Bertz CT molecular complexity index is 1580. The van der Waals surface area contributed by atoms with Gasteiger partial charge in [0.25, 0.3) is 0 Å². The van der Waals surface area contributed by atoms with Gasteiger partial charge in [-0.05, 0) is 149 Å². The van der Waals surface area contributed by atoms with Crippen LogP contribution in [0.2, 0.25) is 0 Å². The minimum absolute atomic E-state index is 0.00341. The van der Waals surface area contributed by atoms with Gasteiger partial charge in [0.15, 0.2) is 0 Å². The molecule has 6 rings (SSSR count). The molecule has 5 aliphatic carbocycles. The van der Waals surface area contributed by atoms with E-state index in [2.05, 4.69) is 48.1 Å². The molecule has 6 fully saturated rings. The zero-order valence-corrected chi connectivity index (χ0v) is 34.6. The maximum Gasteiger partial charge on any atom is 0.309 e. The van der Waals surface area contributed by atoms with Gasteiger partial charge in [-0.2, -0.15) is 0 Å². The Labute approximate surface area is 314 Å². The first-order chi connectivity index (χ1) is 23.9. The van der Waals surface area contributed by atoms with Crippen molar-refractivity contribution in [2.45, 2.75) is 151 Å². The van der Waals surface area contributed by atoms with Gasteiger partial charge in [-0.1, -0.05) is 46.8 Å². The van der Waals surface area contributed by atoms with E-state index in [1.807, 2.05) is 0 Å². The molecule has 0 aromatic carbocycles. The standard InChI is InChI=1S/C43H69NO7S/c1-27(2)30-13-19-43(24-29(45)23-28-16-22-44(26-28)52(10,49)50)21-20-41(8)31(36(30)43)11-12-33-40(7)17-15-34(51-35(46)25-38(3,4)37(47)48)39(5,6)32(40)14-18-42(33,41)9/h28,30-34,36H,1,11-26H2,2-10H3,(H,47,48)/t28-,30+,31-,32+,33-,34?,36-,40?,41-,42?,43-/m1/s1. The molecule has 3 unspecified atom stereocenters. The fraction of sp³-hybridized carbons (Fsp3) is 0.884. The normalized spacial score (nSPS) is 43.1. The van der Waals surface area contributed by atoms with Crippen LogP contribution in [0.4, 0.5) is 0 Å². The molecule has 1 saturated heterocycles. The number of Topliss-reactive ketones (excluding diaryl/α,β-unsaturated/α-hetero) is 1. The zero-order valence-electron chi connectivity index (χ0n) is 33.8. The minimum Gasteiger partial charge on any atom is -0.481 e. The number of esters is 1. The van der Waals surface area contributed by atoms with Crippen molar-refractivity contribution >= 4 is 27.7 Å². The van der Waals surface area contributed by atoms with E-state index in [1.165, 1.54) is 24.7 Å². The monoisotopic (exact) mass is 743 g/mol. The van der Waals surface area contributed by atoms with E-state index < -0.39 is 27.4 Å². The zero-order chi connectivity index (χ0) is 38.4. The molecule has 6 aliphatic rings. The summed E-state index contributed by atoms with van der Waals surface area (Å²) >= 11 is 0. The molecule has 52 heavy (non-hydrogen) atoms. The first-order valence-electron chi connectivity index (χ1n) is 20.5. The summed E-state index contributed by atoms with van der Waals surface area (Å²) in [5.74, 6) is 1.44. The summed E-state index contributed by atoms with van der Waals surface area (Å²) in [5.41, 5.74) is 0.320. The molecule has 0 aromatic rings. The SMILES string of the molecule is C=C(C)[C@@H]1CC[C@]2(CC(=O)C[C@H]3CCN(S(C)(=O)=O)C3)CC[C@]3(C)[C@H](CC[C@@H]4C5(C)CCC(OC(=O)CC(C)(C)C(=O)O)C(C)(C)[C@@H]5CCC43C)[C@@H]12. The number of carbonyl (C=O) groups is 3. The smallest absolute Gasteiger partial charge is 0.309 e. The molecule has 9 heteroatoms. The Morgan fingerprint density at radius 3 is 2.19 bits per heavy atom. The van der Waals surface area contributed by atoms with Crippen LogP contribution in [-0.4, -0.2) is 61.0 Å². The van der Waals surface area contributed by atoms with Crippen LogP contribution in [0.25, 0.3) is 0 Å². The van der Waals surface area contributed by atoms with Gasteiger partial charge < -0.3 is 9.84 Å². The van der Waals surface area contributed by atoms with Crippen molar-refractivity contribution in [3.05, 3.63) is 12.2 Å². The van der Waals surface area contributed by atoms with Gasteiger partial charge >= 0.3 is 11.9 Å². The van der Waals surface area contributed by atoms with E-state index in [0.29, 0.717) is 61.3 Å². The van der Waals surface area contributed by atoms with Gasteiger partial charge in [-0.25, -0.2) is 12.7 Å². The second kappa shape index (κ2) is 13.2. The number of ketones is 1. The van der Waals surface area contributed by atoms with Crippen LogP contribution < -0.4 is 0 Å². The number of allylic oxidation sites excluding steroid dienone is 1. The lowest BCUT2D eigenvalue weighted by atomic mass is 9.32. The van der Waals surface area contributed by atoms with Gasteiger partial charge in [0, 0.05) is 31.3 Å². The molecule has 0 amide bonds. The Hall–Kier alpha value is -1.74. The maximum absolute atomic E-state index is 14.0. The molecule has 1 N–H and O–H groups in total. The predicted octanol–water partition coefficient (Wildman–Crippen LogP) is 8.69. The molecule has 1 heterocycles. The van der Waals surface area contributed by atoms with E-state index in [9.17, 15) is 27.9 Å². The van der Waals surface area contributed by atoms with Gasteiger partial charge in [0.2, 0.25) is 10.0 Å². The topological polar surface area (TPSA) is 118 Å². The molecular weight excluding hydrogens is 675 g/mol. The average molecular weight is 744 g/mol. The van der Waals surface area contributed by atoms with Crippen molar-refractivity contribution in [1.29, 1.82) is 0 Å². The lowest BCUT2D eigenvalue weighted by molar-refractivity contribution is -0.250. The Balaban J connectivity index is 1.22. The number of ether oxygens (including phenoxy) is 1. The average Bonchev–Trinajstić information content (AvgIpc) is 3.64. The molecule has 0 aromatic heterocycles. The highest BCUT2D eigenvalue weighted by atomic mass is 32.2. The first-order valence-corrected chi connectivity index (χ1v) is 22.3.